The highest BCUT2D eigenvalue weighted by atomic mass is 32.2. The molecular formula is C17H18N2O3S. The molecule has 1 N–H and O–H groups in total. The Morgan fingerprint density at radius 1 is 1.22 bits per heavy atom. The van der Waals surface area contributed by atoms with Crippen LogP contribution in [-0.2, 0) is 4.79 Å². The van der Waals surface area contributed by atoms with Crippen LogP contribution in [0.25, 0.3) is 0 Å². The molecule has 120 valence electrons. The van der Waals surface area contributed by atoms with Crippen molar-refractivity contribution in [3.63, 3.8) is 0 Å². The molecule has 0 fully saturated rings. The second-order valence-electron chi connectivity index (χ2n) is 5.31. The van der Waals surface area contributed by atoms with Gasteiger partial charge in [0.05, 0.1) is 21.9 Å². The number of amides is 1. The number of carbonyl (C=O) groups excluding carboxylic acids is 1. The number of rotatable bonds is 5. The van der Waals surface area contributed by atoms with E-state index in [1.807, 2.05) is 26.0 Å². The Morgan fingerprint density at radius 3 is 2.61 bits per heavy atom. The minimum absolute atomic E-state index is 0.00447. The first kappa shape index (κ1) is 17.0. The summed E-state index contributed by atoms with van der Waals surface area (Å²) < 4.78 is 0. The van der Waals surface area contributed by atoms with Crippen LogP contribution >= 0.6 is 11.8 Å². The van der Waals surface area contributed by atoms with Crippen LogP contribution in [0.4, 0.5) is 11.4 Å². The number of anilines is 1. The average molecular weight is 330 g/mol. The summed E-state index contributed by atoms with van der Waals surface area (Å²) in [5.74, 6) is 0.0741. The van der Waals surface area contributed by atoms with Crippen LogP contribution in [0, 0.1) is 30.9 Å². The lowest BCUT2D eigenvalue weighted by atomic mass is 10.1. The summed E-state index contributed by atoms with van der Waals surface area (Å²) in [4.78, 5) is 23.6. The molecule has 0 spiro atoms. The molecule has 2 rings (SSSR count). The highest BCUT2D eigenvalue weighted by Crippen LogP contribution is 2.26. The fraction of sp³-hybridized carbons (Fsp3) is 0.235. The Bertz CT molecular complexity index is 759. The number of aryl methyl sites for hydroxylation is 2. The molecule has 0 heterocycles. The molecule has 0 aromatic heterocycles. The molecule has 0 aliphatic heterocycles. The van der Waals surface area contributed by atoms with Gasteiger partial charge in [-0.2, -0.15) is 0 Å². The lowest BCUT2D eigenvalue weighted by Gasteiger charge is -2.09. The molecule has 6 heteroatoms. The quantitative estimate of drug-likeness (QED) is 0.505. The largest absolute Gasteiger partial charge is 0.325 e. The maximum absolute atomic E-state index is 12.1. The first-order valence-corrected chi connectivity index (χ1v) is 8.11. The number of nitrogens with zero attached hydrogens (tertiary/aromatic N) is 1. The summed E-state index contributed by atoms with van der Waals surface area (Å²) in [6.45, 7) is 5.67. The maximum Gasteiger partial charge on any atom is 0.274 e. The van der Waals surface area contributed by atoms with Gasteiger partial charge in [-0.1, -0.05) is 23.8 Å². The average Bonchev–Trinajstić information content (AvgIpc) is 2.48. The zero-order chi connectivity index (χ0) is 17.0. The van der Waals surface area contributed by atoms with Crippen molar-refractivity contribution in [2.75, 3.05) is 11.1 Å². The molecule has 0 atom stereocenters. The molecule has 0 unspecified atom stereocenters. The number of hydrogen-bond donors (Lipinski definition) is 1. The Balaban J connectivity index is 2.03. The number of nitro benzene ring substituents is 1. The molecule has 2 aromatic carbocycles. The van der Waals surface area contributed by atoms with Gasteiger partial charge in [-0.3, -0.25) is 14.9 Å². The van der Waals surface area contributed by atoms with E-state index in [1.165, 1.54) is 23.4 Å². The van der Waals surface area contributed by atoms with E-state index in [4.69, 9.17) is 0 Å². The SMILES string of the molecule is Cc1ccc(SCC(=O)Nc2cccc([N+](=O)[O-])c2C)c(C)c1. The van der Waals surface area contributed by atoms with Gasteiger partial charge >= 0.3 is 0 Å². The van der Waals surface area contributed by atoms with Crippen LogP contribution in [0.15, 0.2) is 41.3 Å². The van der Waals surface area contributed by atoms with E-state index in [0.29, 0.717) is 11.3 Å². The van der Waals surface area contributed by atoms with Crippen LogP contribution in [-0.4, -0.2) is 16.6 Å². The fourth-order valence-electron chi connectivity index (χ4n) is 2.25. The monoisotopic (exact) mass is 330 g/mol. The van der Waals surface area contributed by atoms with Gasteiger partial charge in [0.15, 0.2) is 0 Å². The van der Waals surface area contributed by atoms with Crippen LogP contribution in [0.5, 0.6) is 0 Å². The van der Waals surface area contributed by atoms with Gasteiger partial charge in [0.25, 0.3) is 5.69 Å². The van der Waals surface area contributed by atoms with Gasteiger partial charge in [0, 0.05) is 11.0 Å². The molecule has 2 aromatic rings. The summed E-state index contributed by atoms with van der Waals surface area (Å²) >= 11 is 1.45. The van der Waals surface area contributed by atoms with Crippen LogP contribution in [0.3, 0.4) is 0 Å². The predicted octanol–water partition coefficient (Wildman–Crippen LogP) is 4.25. The lowest BCUT2D eigenvalue weighted by Crippen LogP contribution is -2.15. The number of nitrogens with one attached hydrogen (secondary N) is 1. The zero-order valence-electron chi connectivity index (χ0n) is 13.3. The van der Waals surface area contributed by atoms with E-state index in [2.05, 4.69) is 11.4 Å². The molecule has 0 bridgehead atoms. The summed E-state index contributed by atoms with van der Waals surface area (Å²) in [6.07, 6.45) is 0. The molecule has 0 aliphatic carbocycles. The fourth-order valence-corrected chi connectivity index (χ4v) is 3.06. The van der Waals surface area contributed by atoms with E-state index in [-0.39, 0.29) is 17.3 Å². The van der Waals surface area contributed by atoms with Crippen molar-refractivity contribution in [2.24, 2.45) is 0 Å². The summed E-state index contributed by atoms with van der Waals surface area (Å²) in [5, 5.41) is 13.7. The number of nitro groups is 1. The van der Waals surface area contributed by atoms with E-state index in [1.54, 1.807) is 19.1 Å². The zero-order valence-corrected chi connectivity index (χ0v) is 14.1. The molecule has 0 radical (unpaired) electrons. The van der Waals surface area contributed by atoms with Crippen LogP contribution in [0.1, 0.15) is 16.7 Å². The van der Waals surface area contributed by atoms with Crippen molar-refractivity contribution in [2.45, 2.75) is 25.7 Å². The van der Waals surface area contributed by atoms with Crippen molar-refractivity contribution >= 4 is 29.0 Å². The molecule has 0 aliphatic rings. The third-order valence-corrected chi connectivity index (χ3v) is 4.64. The summed E-state index contributed by atoms with van der Waals surface area (Å²) in [5.41, 5.74) is 3.26. The molecule has 23 heavy (non-hydrogen) atoms. The second kappa shape index (κ2) is 7.28. The number of hydrogen-bond acceptors (Lipinski definition) is 4. The first-order chi connectivity index (χ1) is 10.9. The summed E-state index contributed by atoms with van der Waals surface area (Å²) in [6, 6.07) is 10.7. The normalized spacial score (nSPS) is 10.4. The number of thioether (sulfide) groups is 1. The van der Waals surface area contributed by atoms with Crippen molar-refractivity contribution in [3.05, 3.63) is 63.2 Å². The van der Waals surface area contributed by atoms with Gasteiger partial charge in [0.2, 0.25) is 5.91 Å². The lowest BCUT2D eigenvalue weighted by molar-refractivity contribution is -0.385. The Morgan fingerprint density at radius 2 is 1.96 bits per heavy atom. The van der Waals surface area contributed by atoms with Gasteiger partial charge in [0.1, 0.15) is 0 Å². The Kier molecular flexibility index (Phi) is 5.39. The third kappa shape index (κ3) is 4.32. The van der Waals surface area contributed by atoms with Crippen molar-refractivity contribution in [1.82, 2.24) is 0 Å². The Hall–Kier alpha value is -2.34. The van der Waals surface area contributed by atoms with Crippen LogP contribution in [0.2, 0.25) is 0 Å². The minimum Gasteiger partial charge on any atom is -0.325 e. The van der Waals surface area contributed by atoms with Crippen molar-refractivity contribution in [3.8, 4) is 0 Å². The minimum atomic E-state index is -0.449. The van der Waals surface area contributed by atoms with E-state index < -0.39 is 4.92 Å². The van der Waals surface area contributed by atoms with E-state index in [9.17, 15) is 14.9 Å². The topological polar surface area (TPSA) is 72.2 Å². The smallest absolute Gasteiger partial charge is 0.274 e. The van der Waals surface area contributed by atoms with Crippen molar-refractivity contribution < 1.29 is 9.72 Å². The molecule has 5 nitrogen and oxygen atoms in total. The first-order valence-electron chi connectivity index (χ1n) is 7.12. The molecule has 1 amide bonds. The van der Waals surface area contributed by atoms with E-state index >= 15 is 0 Å². The predicted molar refractivity (Wildman–Crippen MR) is 93.1 cm³/mol. The van der Waals surface area contributed by atoms with Crippen molar-refractivity contribution in [1.29, 1.82) is 0 Å². The van der Waals surface area contributed by atoms with Crippen LogP contribution < -0.4 is 5.32 Å². The molecule has 0 saturated heterocycles. The number of benzene rings is 2. The highest BCUT2D eigenvalue weighted by Gasteiger charge is 2.15. The van der Waals surface area contributed by atoms with E-state index in [0.717, 1.165) is 10.5 Å². The third-order valence-electron chi connectivity index (χ3n) is 3.47. The molecule has 0 saturated carbocycles. The number of carbonyl (C=O) groups is 1. The van der Waals surface area contributed by atoms with Gasteiger partial charge in [-0.05, 0) is 38.5 Å². The molecular weight excluding hydrogens is 312 g/mol. The maximum atomic E-state index is 12.1. The summed E-state index contributed by atoms with van der Waals surface area (Å²) in [7, 11) is 0. The Labute approximate surface area is 139 Å². The van der Waals surface area contributed by atoms with Gasteiger partial charge in [-0.25, -0.2) is 0 Å². The second-order valence-corrected chi connectivity index (χ2v) is 6.33. The van der Waals surface area contributed by atoms with Gasteiger partial charge < -0.3 is 5.32 Å². The van der Waals surface area contributed by atoms with Gasteiger partial charge in [-0.15, -0.1) is 11.8 Å². The standard InChI is InChI=1S/C17H18N2O3S/c1-11-7-8-16(12(2)9-11)23-10-17(20)18-14-5-4-6-15(13(14)3)19(21)22/h4-9H,10H2,1-3H3,(H,18,20). The highest BCUT2D eigenvalue weighted by molar-refractivity contribution is 8.00.